The van der Waals surface area contributed by atoms with Gasteiger partial charge in [-0.2, -0.15) is 0 Å². The molecule has 0 saturated carbocycles. The van der Waals surface area contributed by atoms with Gasteiger partial charge in [-0.3, -0.25) is 4.40 Å². The fourth-order valence-electron chi connectivity index (χ4n) is 1.73. The third-order valence-electron chi connectivity index (χ3n) is 2.62. The van der Waals surface area contributed by atoms with Crippen LogP contribution < -0.4 is 5.11 Å². The summed E-state index contributed by atoms with van der Waals surface area (Å²) in [6.45, 7) is 1.57. The number of carboxylic acids is 1. The number of nitrogens with zero attached hydrogens (tertiary/aromatic N) is 3. The molecule has 1 N–H and O–H groups in total. The zero-order valence-corrected chi connectivity index (χ0v) is 10.3. The number of rotatable bonds is 3. The molecule has 2 heterocycles. The number of hydrogen-bond donors (Lipinski definition) is 1. The monoisotopic (exact) mass is 261 g/mol. The van der Waals surface area contributed by atoms with E-state index in [1.807, 2.05) is 24.3 Å². The molecule has 6 nitrogen and oxygen atoms in total. The van der Waals surface area contributed by atoms with E-state index in [4.69, 9.17) is 0 Å². The van der Waals surface area contributed by atoms with Crippen molar-refractivity contribution >= 4 is 34.5 Å². The third kappa shape index (κ3) is 1.63. The summed E-state index contributed by atoms with van der Waals surface area (Å²) in [6.07, 6.45) is 0. The van der Waals surface area contributed by atoms with Crippen molar-refractivity contribution in [3.63, 3.8) is 0 Å². The van der Waals surface area contributed by atoms with Crippen LogP contribution in [0.25, 0.3) is 16.8 Å². The molecular weight excluding hydrogens is 252 g/mol. The minimum atomic E-state index is -1.11. The van der Waals surface area contributed by atoms with Crippen LogP contribution in [-0.4, -0.2) is 30.8 Å². The van der Waals surface area contributed by atoms with Gasteiger partial charge in [-0.15, -0.1) is 5.10 Å². The maximum atomic E-state index is 10.8. The van der Waals surface area contributed by atoms with Crippen LogP contribution in [-0.2, 0) is 4.79 Å². The zero-order chi connectivity index (χ0) is 12.7. The highest BCUT2D eigenvalue weighted by Crippen LogP contribution is 2.25. The number of imidazole rings is 1. The van der Waals surface area contributed by atoms with Crippen LogP contribution in [0.2, 0.25) is 0 Å². The normalized spacial score (nSPS) is 13.2. The number of nitrogens with one attached hydrogen (secondary N) is 1. The van der Waals surface area contributed by atoms with Crippen molar-refractivity contribution in [3.05, 3.63) is 24.3 Å². The van der Waals surface area contributed by atoms with E-state index in [1.54, 1.807) is 11.3 Å². The van der Waals surface area contributed by atoms with Crippen LogP contribution >= 0.6 is 11.8 Å². The predicted octanol–water partition coefficient (Wildman–Crippen LogP) is 0.441. The Morgan fingerprint density at radius 3 is 3.06 bits per heavy atom. The average Bonchev–Trinajstić information content (AvgIpc) is 2.89. The first-order chi connectivity index (χ1) is 8.66. The van der Waals surface area contributed by atoms with Gasteiger partial charge in [0.15, 0.2) is 5.16 Å². The molecule has 0 aliphatic heterocycles. The Labute approximate surface area is 106 Å². The molecule has 0 spiro atoms. The van der Waals surface area contributed by atoms with Gasteiger partial charge in [0.25, 0.3) is 0 Å². The topological polar surface area (TPSA) is 86.1 Å². The quantitative estimate of drug-likeness (QED) is 0.691. The number of carboxylic acid groups (broad SMARTS) is 1. The number of para-hydroxylation sites is 2. The molecular formula is C11H9N4O2S-. The van der Waals surface area contributed by atoms with E-state index in [1.165, 1.54) is 0 Å². The Morgan fingerprint density at radius 2 is 2.28 bits per heavy atom. The van der Waals surface area contributed by atoms with Gasteiger partial charge in [-0.1, -0.05) is 23.9 Å². The fraction of sp³-hybridized carbons (Fsp3) is 0.182. The first-order valence-corrected chi connectivity index (χ1v) is 6.24. The minimum Gasteiger partial charge on any atom is -0.549 e. The van der Waals surface area contributed by atoms with E-state index in [2.05, 4.69) is 15.2 Å². The maximum absolute atomic E-state index is 10.8. The van der Waals surface area contributed by atoms with Crippen molar-refractivity contribution in [3.8, 4) is 0 Å². The number of aliphatic carboxylic acids is 1. The fourth-order valence-corrected chi connectivity index (χ4v) is 2.53. The summed E-state index contributed by atoms with van der Waals surface area (Å²) in [5.41, 5.74) is 1.74. The minimum absolute atomic E-state index is 0.565. The Morgan fingerprint density at radius 1 is 1.50 bits per heavy atom. The van der Waals surface area contributed by atoms with E-state index in [9.17, 15) is 9.90 Å². The first kappa shape index (κ1) is 11.1. The summed E-state index contributed by atoms with van der Waals surface area (Å²) in [5, 5.41) is 17.5. The predicted molar refractivity (Wildman–Crippen MR) is 65.2 cm³/mol. The van der Waals surface area contributed by atoms with Gasteiger partial charge < -0.3 is 9.90 Å². The number of carbonyl (C=O) groups is 1. The molecule has 3 aromatic rings. The largest absolute Gasteiger partial charge is 0.549 e. The summed E-state index contributed by atoms with van der Waals surface area (Å²) in [5.74, 6) is -0.509. The molecule has 0 fully saturated rings. The lowest BCUT2D eigenvalue weighted by Gasteiger charge is -2.09. The van der Waals surface area contributed by atoms with Gasteiger partial charge in [0.1, 0.15) is 0 Å². The van der Waals surface area contributed by atoms with Gasteiger partial charge in [0, 0.05) is 5.25 Å². The molecule has 92 valence electrons. The molecule has 3 rings (SSSR count). The molecule has 18 heavy (non-hydrogen) atoms. The Balaban J connectivity index is 2.15. The van der Waals surface area contributed by atoms with Crippen LogP contribution in [0.1, 0.15) is 6.92 Å². The van der Waals surface area contributed by atoms with Gasteiger partial charge in [0.2, 0.25) is 5.78 Å². The smallest absolute Gasteiger partial charge is 0.231 e. The summed E-state index contributed by atoms with van der Waals surface area (Å²) in [6, 6.07) is 7.62. The summed E-state index contributed by atoms with van der Waals surface area (Å²) in [4.78, 5) is 15.1. The molecule has 0 saturated heterocycles. The second kappa shape index (κ2) is 4.02. The molecule has 1 aromatic carbocycles. The van der Waals surface area contributed by atoms with Gasteiger partial charge >= 0.3 is 0 Å². The lowest BCUT2D eigenvalue weighted by molar-refractivity contribution is -0.304. The number of benzene rings is 1. The van der Waals surface area contributed by atoms with Crippen molar-refractivity contribution in [2.24, 2.45) is 0 Å². The van der Waals surface area contributed by atoms with E-state index in [0.29, 0.717) is 10.9 Å². The van der Waals surface area contributed by atoms with Crippen LogP contribution in [0.3, 0.4) is 0 Å². The van der Waals surface area contributed by atoms with Crippen molar-refractivity contribution < 1.29 is 9.90 Å². The van der Waals surface area contributed by atoms with Crippen LogP contribution in [0.4, 0.5) is 0 Å². The Hall–Kier alpha value is -2.02. The van der Waals surface area contributed by atoms with Gasteiger partial charge in [-0.05, 0) is 19.1 Å². The highest BCUT2D eigenvalue weighted by Gasteiger charge is 2.14. The van der Waals surface area contributed by atoms with Crippen LogP contribution in [0.15, 0.2) is 29.4 Å². The third-order valence-corrected chi connectivity index (χ3v) is 3.65. The SMILES string of the molecule is CC(Sc1n[nH]c2nc3ccccc3n12)C(=O)[O-]. The van der Waals surface area contributed by atoms with E-state index < -0.39 is 11.2 Å². The maximum Gasteiger partial charge on any atom is 0.231 e. The van der Waals surface area contributed by atoms with Crippen molar-refractivity contribution in [1.29, 1.82) is 0 Å². The van der Waals surface area contributed by atoms with Gasteiger partial charge in [-0.25, -0.2) is 10.1 Å². The lowest BCUT2D eigenvalue weighted by Crippen LogP contribution is -2.31. The first-order valence-electron chi connectivity index (χ1n) is 5.36. The molecule has 0 aliphatic carbocycles. The number of aromatic amines is 1. The second-order valence-corrected chi connectivity index (χ2v) is 5.15. The highest BCUT2D eigenvalue weighted by molar-refractivity contribution is 8.00. The van der Waals surface area contributed by atoms with E-state index >= 15 is 0 Å². The molecule has 0 bridgehead atoms. The van der Waals surface area contributed by atoms with Crippen LogP contribution in [0, 0.1) is 0 Å². The summed E-state index contributed by atoms with van der Waals surface area (Å²) < 4.78 is 1.80. The number of fused-ring (bicyclic) bond motifs is 3. The number of thioether (sulfide) groups is 1. The Kier molecular flexibility index (Phi) is 2.48. The standard InChI is InChI=1S/C11H10N4O2S/c1-6(9(16)17)18-11-14-13-10-12-7-4-2-3-5-8(7)15(10)11/h2-6H,1H3,(H,12,13)(H,16,17)/p-1. The van der Waals surface area contributed by atoms with Crippen LogP contribution in [0.5, 0.6) is 0 Å². The van der Waals surface area contributed by atoms with Gasteiger partial charge in [0.05, 0.1) is 17.0 Å². The number of hydrogen-bond acceptors (Lipinski definition) is 5. The zero-order valence-electron chi connectivity index (χ0n) is 9.45. The number of aromatic nitrogens is 4. The highest BCUT2D eigenvalue weighted by atomic mass is 32.2. The summed E-state index contributed by atoms with van der Waals surface area (Å²) >= 11 is 1.13. The lowest BCUT2D eigenvalue weighted by atomic mass is 10.3. The van der Waals surface area contributed by atoms with Crippen molar-refractivity contribution in [1.82, 2.24) is 19.6 Å². The molecule has 0 radical (unpaired) electrons. The van der Waals surface area contributed by atoms with Crippen molar-refractivity contribution in [2.45, 2.75) is 17.3 Å². The Bertz CT molecular complexity index is 733. The molecule has 1 atom stereocenters. The molecule has 1 unspecified atom stereocenters. The average molecular weight is 261 g/mol. The molecule has 2 aromatic heterocycles. The number of carbonyl (C=O) groups excluding carboxylic acids is 1. The van der Waals surface area contributed by atoms with Crippen molar-refractivity contribution in [2.75, 3.05) is 0 Å². The van der Waals surface area contributed by atoms with E-state index in [0.717, 1.165) is 22.8 Å². The summed E-state index contributed by atoms with van der Waals surface area (Å²) in [7, 11) is 0. The molecule has 0 aliphatic rings. The number of H-pyrrole nitrogens is 1. The molecule has 7 heteroatoms. The molecule has 0 amide bonds. The second-order valence-electron chi connectivity index (χ2n) is 3.84. The van der Waals surface area contributed by atoms with E-state index in [-0.39, 0.29) is 0 Å².